The van der Waals surface area contributed by atoms with Crippen LogP contribution < -0.4 is 5.56 Å². The Kier molecular flexibility index (Phi) is 6.51. The molecule has 2 aromatic heterocycles. The minimum Gasteiger partial charge on any atom is -0.376 e. The Bertz CT molecular complexity index is 1320. The lowest BCUT2D eigenvalue weighted by Gasteiger charge is -2.22. The quantitative estimate of drug-likeness (QED) is 0.435. The molecule has 34 heavy (non-hydrogen) atoms. The Labute approximate surface area is 198 Å². The van der Waals surface area contributed by atoms with E-state index in [0.717, 1.165) is 47.3 Å². The monoisotopic (exact) mass is 458 g/mol. The van der Waals surface area contributed by atoms with E-state index in [-0.39, 0.29) is 11.7 Å². The largest absolute Gasteiger partial charge is 0.376 e. The van der Waals surface area contributed by atoms with E-state index in [0.29, 0.717) is 26.2 Å². The predicted octanol–water partition coefficient (Wildman–Crippen LogP) is 3.51. The number of tetrazole rings is 1. The Hall–Kier alpha value is -3.36. The first-order valence-corrected chi connectivity index (χ1v) is 11.8. The number of pyridine rings is 1. The van der Waals surface area contributed by atoms with E-state index in [4.69, 9.17) is 4.74 Å². The molecule has 8 nitrogen and oxygen atoms in total. The third kappa shape index (κ3) is 5.08. The topological polar surface area (TPSA) is 88.9 Å². The molecule has 176 valence electrons. The average Bonchev–Trinajstić information content (AvgIpc) is 3.49. The molecule has 0 amide bonds. The van der Waals surface area contributed by atoms with E-state index in [1.165, 1.54) is 11.1 Å². The third-order valence-corrected chi connectivity index (χ3v) is 6.46. The normalized spacial score (nSPS) is 16.0. The van der Waals surface area contributed by atoms with Gasteiger partial charge >= 0.3 is 0 Å². The van der Waals surface area contributed by atoms with Gasteiger partial charge in [0.15, 0.2) is 5.82 Å². The highest BCUT2D eigenvalue weighted by atomic mass is 16.5. The Morgan fingerprint density at radius 2 is 1.97 bits per heavy atom. The molecule has 5 rings (SSSR count). The van der Waals surface area contributed by atoms with Gasteiger partial charge in [-0.05, 0) is 59.7 Å². The molecular weight excluding hydrogens is 428 g/mol. The molecular formula is C26H30N6O2. The Balaban J connectivity index is 1.42. The van der Waals surface area contributed by atoms with Crippen LogP contribution >= 0.6 is 0 Å². The number of rotatable bonds is 8. The second-order valence-electron chi connectivity index (χ2n) is 9.21. The highest BCUT2D eigenvalue weighted by molar-refractivity contribution is 5.81. The van der Waals surface area contributed by atoms with Crippen LogP contribution in [-0.4, -0.2) is 42.8 Å². The summed E-state index contributed by atoms with van der Waals surface area (Å²) in [7, 11) is 0. The van der Waals surface area contributed by atoms with E-state index >= 15 is 0 Å². The number of benzene rings is 2. The first-order valence-electron chi connectivity index (χ1n) is 11.8. The molecule has 1 aliphatic heterocycles. The highest BCUT2D eigenvalue weighted by Gasteiger charge is 2.21. The van der Waals surface area contributed by atoms with Crippen molar-refractivity contribution in [3.8, 4) is 0 Å². The van der Waals surface area contributed by atoms with Gasteiger partial charge < -0.3 is 9.72 Å². The van der Waals surface area contributed by atoms with Crippen LogP contribution in [-0.2, 0) is 30.9 Å². The van der Waals surface area contributed by atoms with Crippen molar-refractivity contribution in [2.24, 2.45) is 0 Å². The van der Waals surface area contributed by atoms with Gasteiger partial charge in [-0.15, -0.1) is 5.10 Å². The number of para-hydroxylation sites is 1. The summed E-state index contributed by atoms with van der Waals surface area (Å²) in [6, 6.07) is 16.5. The molecule has 4 aromatic rings. The number of nitrogens with zero attached hydrogens (tertiary/aromatic N) is 5. The first-order chi connectivity index (χ1) is 16.5. The van der Waals surface area contributed by atoms with Crippen molar-refractivity contribution >= 4 is 10.9 Å². The van der Waals surface area contributed by atoms with Crippen LogP contribution in [0, 0.1) is 13.8 Å². The SMILES string of the molecule is Cc1ccc(CN(Cc2cc3cccc(C)c3[nH]c2=O)Cc2nnnn2C[C@@H]2CCCO2)cc1. The maximum absolute atomic E-state index is 13.0. The molecule has 1 aliphatic rings. The Morgan fingerprint density at radius 3 is 2.76 bits per heavy atom. The second kappa shape index (κ2) is 9.87. The van der Waals surface area contributed by atoms with Crippen LogP contribution in [0.15, 0.2) is 53.3 Å². The summed E-state index contributed by atoms with van der Waals surface area (Å²) in [4.78, 5) is 18.3. The zero-order chi connectivity index (χ0) is 23.5. The fraction of sp³-hybridized carbons (Fsp3) is 0.385. The molecule has 0 spiro atoms. The van der Waals surface area contributed by atoms with Gasteiger partial charge in [-0.2, -0.15) is 0 Å². The number of aromatic amines is 1. The predicted molar refractivity (Wildman–Crippen MR) is 130 cm³/mol. The summed E-state index contributed by atoms with van der Waals surface area (Å²) < 4.78 is 7.62. The molecule has 2 aromatic carbocycles. The van der Waals surface area contributed by atoms with Crippen molar-refractivity contribution in [3.63, 3.8) is 0 Å². The van der Waals surface area contributed by atoms with Gasteiger partial charge in [0.05, 0.1) is 24.7 Å². The summed E-state index contributed by atoms with van der Waals surface area (Å²) in [6.45, 7) is 7.23. The summed E-state index contributed by atoms with van der Waals surface area (Å²) in [5.74, 6) is 0.774. The standard InChI is InChI=1S/C26H30N6O2/c1-18-8-10-20(11-9-18)14-31(17-24-28-29-30-32(24)16-23-7-4-12-34-23)15-22-13-21-6-3-5-19(2)25(21)27-26(22)33/h3,5-6,8-11,13,23H,4,7,12,14-17H2,1-2H3,(H,27,33)/t23-/m0/s1. The van der Waals surface area contributed by atoms with Crippen LogP contribution in [0.1, 0.15) is 40.9 Å². The number of hydrogen-bond donors (Lipinski definition) is 1. The number of aryl methyl sites for hydroxylation is 2. The molecule has 0 unspecified atom stereocenters. The van der Waals surface area contributed by atoms with Crippen molar-refractivity contribution in [1.29, 1.82) is 0 Å². The van der Waals surface area contributed by atoms with Gasteiger partial charge in [0.25, 0.3) is 5.56 Å². The molecule has 0 bridgehead atoms. The van der Waals surface area contributed by atoms with Crippen molar-refractivity contribution in [3.05, 3.63) is 87.0 Å². The zero-order valence-corrected chi connectivity index (χ0v) is 19.7. The van der Waals surface area contributed by atoms with Crippen LogP contribution in [0.4, 0.5) is 0 Å². The van der Waals surface area contributed by atoms with Gasteiger partial charge in [0, 0.05) is 25.3 Å². The van der Waals surface area contributed by atoms with Crippen LogP contribution in [0.25, 0.3) is 10.9 Å². The van der Waals surface area contributed by atoms with Crippen molar-refractivity contribution in [2.45, 2.75) is 59.0 Å². The number of H-pyrrole nitrogens is 1. The number of fused-ring (bicyclic) bond motifs is 1. The lowest BCUT2D eigenvalue weighted by atomic mass is 10.1. The maximum atomic E-state index is 13.0. The fourth-order valence-electron chi connectivity index (χ4n) is 4.57. The number of aromatic nitrogens is 5. The van der Waals surface area contributed by atoms with Crippen molar-refractivity contribution in [1.82, 2.24) is 30.1 Å². The minimum absolute atomic E-state index is 0.0605. The van der Waals surface area contributed by atoms with E-state index in [1.807, 2.05) is 35.9 Å². The molecule has 1 saturated heterocycles. The van der Waals surface area contributed by atoms with E-state index in [9.17, 15) is 4.79 Å². The average molecular weight is 459 g/mol. The summed E-state index contributed by atoms with van der Waals surface area (Å²) in [5.41, 5.74) is 5.01. The highest BCUT2D eigenvalue weighted by Crippen LogP contribution is 2.19. The van der Waals surface area contributed by atoms with Crippen molar-refractivity contribution in [2.75, 3.05) is 6.61 Å². The number of ether oxygens (including phenoxy) is 1. The fourth-order valence-corrected chi connectivity index (χ4v) is 4.57. The minimum atomic E-state index is -0.0605. The molecule has 1 fully saturated rings. The van der Waals surface area contributed by atoms with E-state index in [1.54, 1.807) is 0 Å². The number of nitrogens with one attached hydrogen (secondary N) is 1. The molecule has 0 saturated carbocycles. The zero-order valence-electron chi connectivity index (χ0n) is 19.7. The number of hydrogen-bond acceptors (Lipinski definition) is 6. The molecule has 1 atom stereocenters. The van der Waals surface area contributed by atoms with Gasteiger partial charge in [0.1, 0.15) is 0 Å². The summed E-state index contributed by atoms with van der Waals surface area (Å²) in [5, 5.41) is 13.5. The lowest BCUT2D eigenvalue weighted by molar-refractivity contribution is 0.0914. The maximum Gasteiger partial charge on any atom is 0.252 e. The van der Waals surface area contributed by atoms with Gasteiger partial charge in [-0.1, -0.05) is 48.0 Å². The molecule has 3 heterocycles. The Morgan fingerprint density at radius 1 is 1.12 bits per heavy atom. The smallest absolute Gasteiger partial charge is 0.252 e. The van der Waals surface area contributed by atoms with Crippen molar-refractivity contribution < 1.29 is 4.74 Å². The second-order valence-corrected chi connectivity index (χ2v) is 9.21. The van der Waals surface area contributed by atoms with Crippen LogP contribution in [0.3, 0.4) is 0 Å². The van der Waals surface area contributed by atoms with Gasteiger partial charge in [-0.25, -0.2) is 4.68 Å². The molecule has 8 heteroatoms. The molecule has 0 aliphatic carbocycles. The lowest BCUT2D eigenvalue weighted by Crippen LogP contribution is -2.29. The third-order valence-electron chi connectivity index (χ3n) is 6.46. The molecule has 0 radical (unpaired) electrons. The summed E-state index contributed by atoms with van der Waals surface area (Å²) in [6.07, 6.45) is 2.25. The van der Waals surface area contributed by atoms with Gasteiger partial charge in [0.2, 0.25) is 0 Å². The van der Waals surface area contributed by atoms with Gasteiger partial charge in [-0.3, -0.25) is 9.69 Å². The van der Waals surface area contributed by atoms with Crippen LogP contribution in [0.2, 0.25) is 0 Å². The van der Waals surface area contributed by atoms with Crippen LogP contribution in [0.5, 0.6) is 0 Å². The summed E-state index contributed by atoms with van der Waals surface area (Å²) >= 11 is 0. The molecule has 1 N–H and O–H groups in total. The van der Waals surface area contributed by atoms with E-state index < -0.39 is 0 Å². The van der Waals surface area contributed by atoms with E-state index in [2.05, 4.69) is 56.6 Å². The first kappa shape index (κ1) is 22.4.